The van der Waals surface area contributed by atoms with E-state index in [-0.39, 0.29) is 0 Å². The Morgan fingerprint density at radius 1 is 0.326 bits per heavy atom. The van der Waals surface area contributed by atoms with Crippen LogP contribution in [0.25, 0.3) is 99.5 Å². The van der Waals surface area contributed by atoms with Crippen LogP contribution in [0, 0.1) is 0 Å². The van der Waals surface area contributed by atoms with Gasteiger partial charge in [-0.3, -0.25) is 0 Å². The van der Waals surface area contributed by atoms with Crippen LogP contribution in [0.4, 0.5) is 34.1 Å². The van der Waals surface area contributed by atoms with Crippen LogP contribution in [0.15, 0.2) is 303 Å². The highest BCUT2D eigenvalue weighted by atomic mass is 32.3. The second-order valence-corrected chi connectivity index (χ2v) is 36.9. The Bertz CT molecular complexity index is 5420. The van der Waals surface area contributed by atoms with Gasteiger partial charge in [0.2, 0.25) is 0 Å². The number of rotatable bonds is 8. The first-order valence-electron chi connectivity index (χ1n) is 31.7. The minimum absolute atomic E-state index is 0.669. The summed E-state index contributed by atoms with van der Waals surface area (Å²) in [4.78, 5) is 8.60. The first-order chi connectivity index (χ1) is 44.9. The summed E-state index contributed by atoms with van der Waals surface area (Å²) >= 11 is 1.84. The van der Waals surface area contributed by atoms with Gasteiger partial charge in [-0.1, -0.05) is 238 Å². The van der Waals surface area contributed by atoms with Gasteiger partial charge < -0.3 is 18.6 Å². The van der Waals surface area contributed by atoms with Gasteiger partial charge in [0.1, 0.15) is 11.2 Å². The zero-order valence-electron chi connectivity index (χ0n) is 52.1. The number of nitrogens with zero attached hydrogens (tertiary/aromatic N) is 2. The van der Waals surface area contributed by atoms with Crippen molar-refractivity contribution < 1.29 is 8.83 Å². The average molecular weight is 1240 g/mol. The Balaban J connectivity index is 0.834. The fraction of sp³-hybridized carbons (Fsp3) is 0.0824. The minimum atomic E-state index is -1.72. The highest BCUT2D eigenvalue weighted by Crippen LogP contribution is 2.65. The van der Waals surface area contributed by atoms with E-state index in [0.717, 1.165) is 94.9 Å². The molecule has 4 nitrogen and oxygen atoms in total. The van der Waals surface area contributed by atoms with Crippen molar-refractivity contribution in [3.63, 3.8) is 0 Å². The van der Waals surface area contributed by atoms with Crippen molar-refractivity contribution in [3.8, 4) is 55.6 Å². The monoisotopic (exact) mass is 1240 g/mol. The lowest BCUT2D eigenvalue weighted by Crippen LogP contribution is -2.37. The normalized spacial score (nSPS) is 13.9. The van der Waals surface area contributed by atoms with Crippen molar-refractivity contribution in [2.45, 2.75) is 39.7 Å². The Morgan fingerprint density at radius 3 is 1.48 bits per heavy atom. The van der Waals surface area contributed by atoms with Crippen LogP contribution < -0.4 is 15.0 Å². The number of hydrogen-bond donors (Lipinski definition) is 0. The molecule has 1 spiro atoms. The first kappa shape index (κ1) is 54.9. The van der Waals surface area contributed by atoms with Gasteiger partial charge in [0.05, 0.1) is 47.6 Å². The molecule has 0 radical (unpaired) electrons. The Morgan fingerprint density at radius 2 is 0.804 bits per heavy atom. The summed E-state index contributed by atoms with van der Waals surface area (Å²) in [7, 11) is -2.98. The standard InChI is InChI=1S/C85H64N2O2S2Si/c1-91(2,3)78-39-21-33-65-80-60(59-28-19-27-55(49-59)58-43-47-73-77(52-58)90-76-38-18-17-36-72(76)87(73)74-37-20-31-63-64-32-22-40-79(92(4,5)6)83(64)88-81(63)74)44-48-75(84(80)89-82(65)78)86-70-45-41-56(53-23-9-7-10-24-53)50-68(70)85(66-34-15-13-29-61(66)62-30-14-16-35-67(62)85)69-51-57(42-46-71(69)86)54-25-11-8-12-26-54/h7-52H,1-6H3. The van der Waals surface area contributed by atoms with Gasteiger partial charge in [-0.25, -0.2) is 10.0 Å². The van der Waals surface area contributed by atoms with E-state index >= 15 is 0 Å². The number of fused-ring (bicyclic) bond motifs is 17. The molecule has 0 amide bonds. The Labute approximate surface area is 543 Å². The van der Waals surface area contributed by atoms with E-state index < -0.39 is 23.5 Å². The lowest BCUT2D eigenvalue weighted by atomic mass is 9.64. The number of hydrogen-bond acceptors (Lipinski definition) is 5. The second kappa shape index (κ2) is 20.5. The summed E-state index contributed by atoms with van der Waals surface area (Å²) in [5, 5.41) is 5.88. The topological polar surface area (TPSA) is 32.8 Å². The van der Waals surface area contributed by atoms with E-state index in [0.29, 0.717) is 0 Å². The third kappa shape index (κ3) is 8.18. The summed E-state index contributed by atoms with van der Waals surface area (Å²) in [5.41, 5.74) is 26.4. The lowest BCUT2D eigenvalue weighted by Gasteiger charge is -2.45. The maximum absolute atomic E-state index is 7.69. The van der Waals surface area contributed by atoms with Crippen LogP contribution in [0.3, 0.4) is 0 Å². The maximum Gasteiger partial charge on any atom is 0.160 e. The van der Waals surface area contributed by atoms with E-state index in [1.165, 1.54) is 80.9 Å². The molecule has 18 rings (SSSR count). The van der Waals surface area contributed by atoms with Crippen molar-refractivity contribution in [2.75, 3.05) is 28.6 Å². The SMILES string of the molecule is C[Si](C)(C)c1cccc2c1oc1c(N3c4ccccc4Sc4cc(-c5cccc(-c6ccc(N7c8ccc(-c9ccccc9)cc8C8(c9ccccc9-c9ccccc98)c8cc(-c9ccccc9)ccc87)c7oc8c(S(C)(C)C)cccc8c67)c5)ccc43)cccc12. The third-order valence-corrected chi connectivity index (χ3v) is 24.3. The van der Waals surface area contributed by atoms with Gasteiger partial charge in [0, 0.05) is 36.2 Å². The van der Waals surface area contributed by atoms with E-state index in [2.05, 4.69) is 327 Å². The molecule has 0 saturated heterocycles. The van der Waals surface area contributed by atoms with Crippen molar-refractivity contribution in [1.82, 2.24) is 0 Å². The van der Waals surface area contributed by atoms with Gasteiger partial charge in [-0.05, 0) is 175 Å². The summed E-state index contributed by atoms with van der Waals surface area (Å²) in [5.74, 6) is 0. The largest absolute Gasteiger partial charge is 0.454 e. The molecule has 0 atom stereocenters. The van der Waals surface area contributed by atoms with Crippen molar-refractivity contribution >= 4 is 113 Å². The zero-order chi connectivity index (χ0) is 61.8. The summed E-state index contributed by atoms with van der Waals surface area (Å²) in [6, 6.07) is 104. The highest BCUT2D eigenvalue weighted by molar-refractivity contribution is 8.32. The van der Waals surface area contributed by atoms with Crippen LogP contribution in [0.2, 0.25) is 19.6 Å². The van der Waals surface area contributed by atoms with Gasteiger partial charge in [0.25, 0.3) is 0 Å². The summed E-state index contributed by atoms with van der Waals surface area (Å²) in [6.07, 6.45) is 7.13. The van der Waals surface area contributed by atoms with E-state index in [1.807, 2.05) is 11.8 Å². The van der Waals surface area contributed by atoms with Crippen LogP contribution >= 0.6 is 21.8 Å². The van der Waals surface area contributed by atoms with Crippen LogP contribution in [-0.4, -0.2) is 26.8 Å². The van der Waals surface area contributed by atoms with Crippen LogP contribution in [0.1, 0.15) is 22.3 Å². The third-order valence-electron chi connectivity index (χ3n) is 19.5. The van der Waals surface area contributed by atoms with Crippen molar-refractivity contribution in [3.05, 3.63) is 301 Å². The molecule has 92 heavy (non-hydrogen) atoms. The molecule has 4 heterocycles. The highest BCUT2D eigenvalue weighted by Gasteiger charge is 2.52. The molecule has 7 heteroatoms. The number of para-hydroxylation sites is 4. The molecule has 13 aromatic carbocycles. The maximum atomic E-state index is 7.69. The predicted octanol–water partition coefficient (Wildman–Crippen LogP) is 23.8. The van der Waals surface area contributed by atoms with E-state index in [4.69, 9.17) is 8.83 Å². The van der Waals surface area contributed by atoms with Gasteiger partial charge in [0.15, 0.2) is 11.2 Å². The number of furan rings is 2. The molecule has 1 aliphatic carbocycles. The lowest BCUT2D eigenvalue weighted by molar-refractivity contribution is 0.659. The molecule has 0 unspecified atom stereocenters. The first-order valence-corrected chi connectivity index (χ1v) is 38.9. The van der Waals surface area contributed by atoms with Gasteiger partial charge >= 0.3 is 0 Å². The molecule has 0 bridgehead atoms. The fourth-order valence-electron chi connectivity index (χ4n) is 15.4. The molecule has 3 aliphatic rings. The summed E-state index contributed by atoms with van der Waals surface area (Å²) < 4.78 is 14.8. The summed E-state index contributed by atoms with van der Waals surface area (Å²) in [6.45, 7) is 7.20. The predicted molar refractivity (Wildman–Crippen MR) is 394 cm³/mol. The zero-order valence-corrected chi connectivity index (χ0v) is 54.7. The van der Waals surface area contributed by atoms with Gasteiger partial charge in [-0.15, -0.1) is 0 Å². The number of anilines is 6. The quantitative estimate of drug-likeness (QED) is 0.142. The molecule has 442 valence electrons. The van der Waals surface area contributed by atoms with Crippen molar-refractivity contribution in [1.29, 1.82) is 0 Å². The fourth-order valence-corrected chi connectivity index (χ4v) is 19.2. The van der Waals surface area contributed by atoms with Crippen molar-refractivity contribution in [2.24, 2.45) is 0 Å². The van der Waals surface area contributed by atoms with E-state index in [9.17, 15) is 0 Å². The smallest absolute Gasteiger partial charge is 0.160 e. The molecule has 0 saturated carbocycles. The molecular weight excluding hydrogens is 1170 g/mol. The second-order valence-electron chi connectivity index (χ2n) is 26.6. The molecule has 2 aromatic heterocycles. The van der Waals surface area contributed by atoms with Crippen LogP contribution in [0.5, 0.6) is 0 Å². The van der Waals surface area contributed by atoms with E-state index in [1.54, 1.807) is 0 Å². The molecule has 2 aliphatic heterocycles. The Kier molecular flexibility index (Phi) is 12.2. The van der Waals surface area contributed by atoms with Crippen LogP contribution in [-0.2, 0) is 5.41 Å². The molecule has 15 aromatic rings. The van der Waals surface area contributed by atoms with Gasteiger partial charge in [-0.2, -0.15) is 0 Å². The average Bonchev–Trinajstić information content (AvgIpc) is 1.46. The number of benzene rings is 13. The molecule has 0 N–H and O–H groups in total. The molecular formula is C85H64N2O2S2Si. The minimum Gasteiger partial charge on any atom is -0.454 e. The Hall–Kier alpha value is -10.0. The molecule has 0 fully saturated rings.